The average Bonchev–Trinajstić information content (AvgIpc) is 3.87. The lowest BCUT2D eigenvalue weighted by molar-refractivity contribution is 0.465. The summed E-state index contributed by atoms with van der Waals surface area (Å²) in [5.41, 5.74) is 12.1. The molecule has 0 saturated carbocycles. The summed E-state index contributed by atoms with van der Waals surface area (Å²) in [6.07, 6.45) is 0. The number of anilines is 3. The van der Waals surface area contributed by atoms with E-state index >= 15 is 0 Å². The molecular weight excluding hydrogens is 800 g/mol. The summed E-state index contributed by atoms with van der Waals surface area (Å²) < 4.78 is 19.2. The molecule has 2 aliphatic heterocycles. The van der Waals surface area contributed by atoms with Crippen LogP contribution in [0.5, 0.6) is 23.0 Å². The van der Waals surface area contributed by atoms with Gasteiger partial charge in [0.15, 0.2) is 0 Å². The minimum absolute atomic E-state index is 0.118. The van der Waals surface area contributed by atoms with E-state index < -0.39 is 0 Å². The highest BCUT2D eigenvalue weighted by atomic mass is 32.1. The molecule has 0 bridgehead atoms. The lowest BCUT2D eigenvalue weighted by atomic mass is 9.34. The van der Waals surface area contributed by atoms with Crippen LogP contribution in [0.1, 0.15) is 0 Å². The molecule has 298 valence electrons. The van der Waals surface area contributed by atoms with Gasteiger partial charge < -0.3 is 18.9 Å². The van der Waals surface area contributed by atoms with Crippen LogP contribution in [0.25, 0.3) is 69.6 Å². The van der Waals surface area contributed by atoms with E-state index in [-0.39, 0.29) is 6.71 Å². The van der Waals surface area contributed by atoms with Gasteiger partial charge in [-0.05, 0) is 106 Å². The first-order valence-electron chi connectivity index (χ1n) is 21.8. The van der Waals surface area contributed by atoms with Gasteiger partial charge in [-0.2, -0.15) is 0 Å². The fourth-order valence-electron chi connectivity index (χ4n) is 10.4. The third kappa shape index (κ3) is 5.30. The normalized spacial score (nSPS) is 12.6. The number of benzene rings is 10. The molecule has 6 heteroatoms. The highest BCUT2D eigenvalue weighted by Crippen LogP contribution is 2.45. The monoisotopic (exact) mass is 834 g/mol. The highest BCUT2D eigenvalue weighted by molar-refractivity contribution is 7.26. The van der Waals surface area contributed by atoms with Gasteiger partial charge >= 0.3 is 0 Å². The number of thiophene rings is 1. The summed E-state index contributed by atoms with van der Waals surface area (Å²) in [5.74, 6) is 3.40. The Bertz CT molecular complexity index is 3820. The van der Waals surface area contributed by atoms with Crippen LogP contribution >= 0.6 is 11.3 Å². The molecule has 10 aromatic carbocycles. The van der Waals surface area contributed by atoms with Crippen molar-refractivity contribution in [2.45, 2.75) is 0 Å². The van der Waals surface area contributed by atoms with Gasteiger partial charge in [0, 0.05) is 65.2 Å². The molecule has 0 N–H and O–H groups in total. The average molecular weight is 835 g/mol. The Morgan fingerprint density at radius 3 is 1.77 bits per heavy atom. The summed E-state index contributed by atoms with van der Waals surface area (Å²) in [6, 6.07) is 76.5. The van der Waals surface area contributed by atoms with Crippen LogP contribution in [-0.2, 0) is 0 Å². The molecule has 4 heterocycles. The largest absolute Gasteiger partial charge is 0.458 e. The molecular formula is C58H35BN2O2S. The molecule has 0 amide bonds. The lowest BCUT2D eigenvalue weighted by Crippen LogP contribution is -2.57. The smallest absolute Gasteiger partial charge is 0.260 e. The fourth-order valence-corrected chi connectivity index (χ4v) is 11.6. The summed E-state index contributed by atoms with van der Waals surface area (Å²) in [5, 5.41) is 7.27. The van der Waals surface area contributed by atoms with Crippen molar-refractivity contribution in [3.8, 4) is 39.8 Å². The Morgan fingerprint density at radius 1 is 0.406 bits per heavy atom. The molecule has 0 radical (unpaired) electrons. The first kappa shape index (κ1) is 35.5. The first-order chi connectivity index (χ1) is 31.7. The lowest BCUT2D eigenvalue weighted by Gasteiger charge is -2.33. The number of aromatic nitrogens is 1. The van der Waals surface area contributed by atoms with E-state index in [1.165, 1.54) is 41.7 Å². The van der Waals surface area contributed by atoms with Crippen LogP contribution in [0.4, 0.5) is 17.1 Å². The number of hydrogen-bond donors (Lipinski definition) is 0. The SMILES string of the molecule is c1ccc(N(c2ccccc2)c2ccc3c4cc5c(cc4n(-c4ccccc4)c3c2)Oc2cc(-c3cccc4ccccc34)cc3c2B5c2cc4c(cc2O3)sc2ccccc24)cc1. The van der Waals surface area contributed by atoms with Crippen molar-refractivity contribution in [3.63, 3.8) is 0 Å². The predicted octanol–water partition coefficient (Wildman–Crippen LogP) is 14.2. The van der Waals surface area contributed by atoms with Gasteiger partial charge in [0.1, 0.15) is 23.0 Å². The third-order valence-electron chi connectivity index (χ3n) is 13.2. The molecule has 0 atom stereocenters. The molecule has 2 aliphatic rings. The second-order valence-corrected chi connectivity index (χ2v) is 17.9. The van der Waals surface area contributed by atoms with Crippen molar-refractivity contribution in [3.05, 3.63) is 212 Å². The number of para-hydroxylation sites is 3. The van der Waals surface area contributed by atoms with E-state index in [9.17, 15) is 0 Å². The zero-order chi connectivity index (χ0) is 41.9. The van der Waals surface area contributed by atoms with Crippen LogP contribution < -0.4 is 30.8 Å². The standard InChI is InChI=1S/C58H35BN2O2S/c1-4-17-38(18-5-1)60(39-19-6-2-7-20-39)41-27-28-44-46-32-48-52(34-51(46)61(50(44)31-41)40-21-8-3-9-22-40)62-54-29-37(43-25-14-16-36-15-10-11-23-42(36)43)30-55-58(54)59(48)49-33-47-45-24-12-13-26-56(45)64-57(47)35-53(49)63-55/h1-35H. The number of fused-ring (bicyclic) bond motifs is 11. The van der Waals surface area contributed by atoms with Gasteiger partial charge in [0.2, 0.25) is 0 Å². The summed E-state index contributed by atoms with van der Waals surface area (Å²) in [4.78, 5) is 2.33. The maximum absolute atomic E-state index is 7.23. The van der Waals surface area contributed by atoms with Crippen molar-refractivity contribution >= 4 is 104 Å². The molecule has 2 aromatic heterocycles. The highest BCUT2D eigenvalue weighted by Gasteiger charge is 2.41. The summed E-state index contributed by atoms with van der Waals surface area (Å²) >= 11 is 1.82. The van der Waals surface area contributed by atoms with E-state index in [4.69, 9.17) is 9.47 Å². The number of rotatable bonds is 5. The first-order valence-corrected chi connectivity index (χ1v) is 22.6. The zero-order valence-corrected chi connectivity index (χ0v) is 35.2. The molecule has 0 aliphatic carbocycles. The maximum Gasteiger partial charge on any atom is 0.260 e. The van der Waals surface area contributed by atoms with Gasteiger partial charge in [0.05, 0.1) is 11.0 Å². The fraction of sp³-hybridized carbons (Fsp3) is 0. The second kappa shape index (κ2) is 13.7. The molecule has 64 heavy (non-hydrogen) atoms. The number of ether oxygens (including phenoxy) is 2. The summed E-state index contributed by atoms with van der Waals surface area (Å²) in [7, 11) is 0. The minimum Gasteiger partial charge on any atom is -0.458 e. The Kier molecular flexibility index (Phi) is 7.62. The van der Waals surface area contributed by atoms with E-state index in [1.54, 1.807) is 0 Å². The summed E-state index contributed by atoms with van der Waals surface area (Å²) in [6.45, 7) is -0.118. The topological polar surface area (TPSA) is 26.6 Å². The second-order valence-electron chi connectivity index (χ2n) is 16.8. The van der Waals surface area contributed by atoms with E-state index in [2.05, 4.69) is 222 Å². The molecule has 0 unspecified atom stereocenters. The molecule has 12 aromatic rings. The van der Waals surface area contributed by atoms with Gasteiger partial charge in [-0.15, -0.1) is 11.3 Å². The minimum atomic E-state index is -0.118. The van der Waals surface area contributed by atoms with E-state index in [1.807, 2.05) is 11.3 Å². The molecule has 4 nitrogen and oxygen atoms in total. The predicted molar refractivity (Wildman–Crippen MR) is 269 cm³/mol. The third-order valence-corrected chi connectivity index (χ3v) is 14.4. The molecule has 0 spiro atoms. The Labute approximate surface area is 373 Å². The zero-order valence-electron chi connectivity index (χ0n) is 34.4. The van der Waals surface area contributed by atoms with Gasteiger partial charge in [-0.25, -0.2) is 0 Å². The van der Waals surface area contributed by atoms with E-state index in [0.717, 1.165) is 84.3 Å². The Hall–Kier alpha value is -8.06. The van der Waals surface area contributed by atoms with Crippen LogP contribution in [0, 0.1) is 0 Å². The Balaban J connectivity index is 1.04. The van der Waals surface area contributed by atoms with Crippen LogP contribution in [0.3, 0.4) is 0 Å². The molecule has 0 fully saturated rings. The van der Waals surface area contributed by atoms with Crippen LogP contribution in [-0.4, -0.2) is 11.3 Å². The number of nitrogens with zero attached hydrogens (tertiary/aromatic N) is 2. The quantitative estimate of drug-likeness (QED) is 0.162. The van der Waals surface area contributed by atoms with Crippen molar-refractivity contribution in [1.82, 2.24) is 4.57 Å². The van der Waals surface area contributed by atoms with E-state index in [0.29, 0.717) is 0 Å². The molecule has 0 saturated heterocycles. The van der Waals surface area contributed by atoms with Crippen molar-refractivity contribution in [1.29, 1.82) is 0 Å². The van der Waals surface area contributed by atoms with Crippen LogP contribution in [0.15, 0.2) is 212 Å². The Morgan fingerprint density at radius 2 is 1.02 bits per heavy atom. The van der Waals surface area contributed by atoms with Crippen LogP contribution in [0.2, 0.25) is 0 Å². The molecule has 14 rings (SSSR count). The van der Waals surface area contributed by atoms with Gasteiger partial charge in [-0.1, -0.05) is 133 Å². The van der Waals surface area contributed by atoms with Crippen molar-refractivity contribution in [2.75, 3.05) is 4.90 Å². The maximum atomic E-state index is 7.23. The van der Waals surface area contributed by atoms with Gasteiger partial charge in [-0.3, -0.25) is 0 Å². The van der Waals surface area contributed by atoms with Gasteiger partial charge in [0.25, 0.3) is 6.71 Å². The van der Waals surface area contributed by atoms with Crippen molar-refractivity contribution in [2.24, 2.45) is 0 Å². The number of hydrogen-bond acceptors (Lipinski definition) is 4. The van der Waals surface area contributed by atoms with Crippen molar-refractivity contribution < 1.29 is 9.47 Å².